The van der Waals surface area contributed by atoms with Gasteiger partial charge in [0, 0.05) is 5.75 Å². The molecule has 0 radical (unpaired) electrons. The highest BCUT2D eigenvalue weighted by molar-refractivity contribution is 8.00. The van der Waals surface area contributed by atoms with E-state index in [9.17, 15) is 4.79 Å². The van der Waals surface area contributed by atoms with Crippen LogP contribution in [0.2, 0.25) is 10.0 Å². The van der Waals surface area contributed by atoms with E-state index in [4.69, 9.17) is 23.2 Å². The quantitative estimate of drug-likeness (QED) is 0.708. The van der Waals surface area contributed by atoms with Gasteiger partial charge in [0.05, 0.1) is 21.5 Å². The molecule has 0 aliphatic carbocycles. The Morgan fingerprint density at radius 2 is 1.86 bits per heavy atom. The number of hydrogen-bond donors (Lipinski definition) is 1. The molecule has 0 atom stereocenters. The molecule has 0 aliphatic heterocycles. The van der Waals surface area contributed by atoms with Crippen molar-refractivity contribution in [2.45, 2.75) is 0 Å². The van der Waals surface area contributed by atoms with Crippen molar-refractivity contribution in [2.75, 3.05) is 16.8 Å². The fourth-order valence-corrected chi connectivity index (χ4v) is 2.71. The van der Waals surface area contributed by atoms with Crippen LogP contribution in [-0.4, -0.2) is 17.4 Å². The van der Waals surface area contributed by atoms with Crippen molar-refractivity contribution >= 4 is 52.6 Å². The van der Waals surface area contributed by atoms with E-state index in [0.29, 0.717) is 21.5 Å². The molecule has 2 aromatic rings. The van der Waals surface area contributed by atoms with Crippen LogP contribution in [0.4, 0.5) is 5.69 Å². The number of nitrogens with one attached hydrogen (secondary N) is 1. The molecule has 0 spiro atoms. The summed E-state index contributed by atoms with van der Waals surface area (Å²) >= 11 is 13.5. The molecular formula is C17H15Cl2NOS. The highest BCUT2D eigenvalue weighted by atomic mass is 35.5. The Morgan fingerprint density at radius 1 is 1.09 bits per heavy atom. The normalized spacial score (nSPS) is 10.8. The van der Waals surface area contributed by atoms with Gasteiger partial charge in [-0.15, -0.1) is 11.8 Å². The first-order chi connectivity index (χ1) is 10.7. The van der Waals surface area contributed by atoms with Crippen LogP contribution in [-0.2, 0) is 4.79 Å². The molecule has 0 unspecified atom stereocenters. The second-order valence-corrected chi connectivity index (χ2v) is 6.29. The van der Waals surface area contributed by atoms with Crippen molar-refractivity contribution < 1.29 is 4.79 Å². The van der Waals surface area contributed by atoms with Crippen molar-refractivity contribution in [3.8, 4) is 0 Å². The maximum absolute atomic E-state index is 11.9. The lowest BCUT2D eigenvalue weighted by Crippen LogP contribution is -2.14. The van der Waals surface area contributed by atoms with Crippen LogP contribution in [0.5, 0.6) is 0 Å². The summed E-state index contributed by atoms with van der Waals surface area (Å²) in [5.74, 6) is 1.04. The zero-order valence-electron chi connectivity index (χ0n) is 11.8. The van der Waals surface area contributed by atoms with Crippen molar-refractivity contribution in [3.63, 3.8) is 0 Å². The number of hydrogen-bond acceptors (Lipinski definition) is 2. The van der Waals surface area contributed by atoms with Gasteiger partial charge < -0.3 is 5.32 Å². The van der Waals surface area contributed by atoms with Crippen molar-refractivity contribution in [3.05, 3.63) is 70.2 Å². The molecule has 5 heteroatoms. The third kappa shape index (κ3) is 5.41. The largest absolute Gasteiger partial charge is 0.324 e. The highest BCUT2D eigenvalue weighted by Crippen LogP contribution is 2.29. The average Bonchev–Trinajstić information content (AvgIpc) is 2.52. The summed E-state index contributed by atoms with van der Waals surface area (Å²) < 4.78 is 0. The smallest absolute Gasteiger partial charge is 0.234 e. The van der Waals surface area contributed by atoms with Crippen LogP contribution in [0.25, 0.3) is 6.08 Å². The molecule has 0 fully saturated rings. The van der Waals surface area contributed by atoms with E-state index in [2.05, 4.69) is 5.32 Å². The van der Waals surface area contributed by atoms with Crippen molar-refractivity contribution in [1.29, 1.82) is 0 Å². The molecule has 0 saturated carbocycles. The molecule has 2 aromatic carbocycles. The molecule has 0 aliphatic rings. The third-order valence-corrected chi connectivity index (χ3v) is 4.50. The van der Waals surface area contributed by atoms with Crippen LogP contribution in [0.15, 0.2) is 54.6 Å². The number of benzene rings is 2. The van der Waals surface area contributed by atoms with Crippen molar-refractivity contribution in [1.82, 2.24) is 0 Å². The van der Waals surface area contributed by atoms with E-state index in [0.717, 1.165) is 11.3 Å². The lowest BCUT2D eigenvalue weighted by Gasteiger charge is -2.07. The summed E-state index contributed by atoms with van der Waals surface area (Å²) in [4.78, 5) is 11.9. The van der Waals surface area contributed by atoms with Gasteiger partial charge in [-0.3, -0.25) is 4.79 Å². The van der Waals surface area contributed by atoms with E-state index in [1.807, 2.05) is 42.5 Å². The summed E-state index contributed by atoms with van der Waals surface area (Å²) in [6.07, 6.45) is 4.08. The molecule has 22 heavy (non-hydrogen) atoms. The summed E-state index contributed by atoms with van der Waals surface area (Å²) in [6, 6.07) is 15.2. The summed E-state index contributed by atoms with van der Waals surface area (Å²) in [5.41, 5.74) is 1.69. The number of thioether (sulfide) groups is 1. The fraction of sp³-hybridized carbons (Fsp3) is 0.118. The van der Waals surface area contributed by atoms with Gasteiger partial charge in [0.1, 0.15) is 0 Å². The Balaban J connectivity index is 1.74. The van der Waals surface area contributed by atoms with E-state index in [1.54, 1.807) is 18.2 Å². The minimum atomic E-state index is -0.0951. The van der Waals surface area contributed by atoms with Gasteiger partial charge in [-0.1, -0.05) is 71.8 Å². The van der Waals surface area contributed by atoms with E-state index in [1.165, 1.54) is 11.8 Å². The number of carbonyl (C=O) groups excluding carboxylic acids is 1. The topological polar surface area (TPSA) is 29.1 Å². The van der Waals surface area contributed by atoms with Crippen molar-refractivity contribution in [2.24, 2.45) is 0 Å². The molecule has 0 aromatic heterocycles. The number of rotatable bonds is 6. The van der Waals surface area contributed by atoms with Gasteiger partial charge in [-0.25, -0.2) is 0 Å². The third-order valence-electron chi connectivity index (χ3n) is 2.78. The maximum atomic E-state index is 11.9. The first-order valence-corrected chi connectivity index (χ1v) is 8.61. The van der Waals surface area contributed by atoms with Gasteiger partial charge in [0.2, 0.25) is 5.91 Å². The SMILES string of the molecule is O=C(CSC/C=C/c1ccccc1)Nc1cccc(Cl)c1Cl. The first kappa shape index (κ1) is 16.9. The van der Waals surface area contributed by atoms with E-state index < -0.39 is 0 Å². The zero-order chi connectivity index (χ0) is 15.8. The monoisotopic (exact) mass is 351 g/mol. The Kier molecular flexibility index (Phi) is 6.84. The highest BCUT2D eigenvalue weighted by Gasteiger charge is 2.07. The molecule has 2 rings (SSSR count). The predicted molar refractivity (Wildman–Crippen MR) is 97.9 cm³/mol. The van der Waals surface area contributed by atoms with E-state index >= 15 is 0 Å². The maximum Gasteiger partial charge on any atom is 0.234 e. The lowest BCUT2D eigenvalue weighted by molar-refractivity contribution is -0.113. The Hall–Kier alpha value is -1.42. The Labute approximate surface area is 144 Å². The zero-order valence-corrected chi connectivity index (χ0v) is 14.1. The van der Waals surface area contributed by atoms with Crippen LogP contribution >= 0.6 is 35.0 Å². The van der Waals surface area contributed by atoms with Gasteiger partial charge in [0.25, 0.3) is 0 Å². The van der Waals surface area contributed by atoms with Crippen LogP contribution < -0.4 is 5.32 Å². The summed E-state index contributed by atoms with van der Waals surface area (Å²) in [6.45, 7) is 0. The molecule has 1 amide bonds. The molecular weight excluding hydrogens is 337 g/mol. The van der Waals surface area contributed by atoms with Crippen LogP contribution in [0.1, 0.15) is 5.56 Å². The van der Waals surface area contributed by atoms with Crippen LogP contribution in [0, 0.1) is 0 Å². The second kappa shape index (κ2) is 8.89. The standard InChI is InChI=1S/C17H15Cl2NOS/c18-14-9-4-10-15(17(14)19)20-16(21)12-22-11-5-8-13-6-2-1-3-7-13/h1-10H,11-12H2,(H,20,21)/b8-5+. The number of carbonyl (C=O) groups is 1. The predicted octanol–water partition coefficient (Wildman–Crippen LogP) is 5.38. The second-order valence-electron chi connectivity index (χ2n) is 4.48. The molecule has 114 valence electrons. The van der Waals surface area contributed by atoms with Gasteiger partial charge >= 0.3 is 0 Å². The average molecular weight is 352 g/mol. The van der Waals surface area contributed by atoms with Crippen LogP contribution in [0.3, 0.4) is 0 Å². The lowest BCUT2D eigenvalue weighted by atomic mass is 10.2. The molecule has 2 nitrogen and oxygen atoms in total. The summed E-state index contributed by atoms with van der Waals surface area (Å²) in [5, 5.41) is 3.56. The molecule has 0 heterocycles. The first-order valence-electron chi connectivity index (χ1n) is 6.70. The van der Waals surface area contributed by atoms with Gasteiger partial charge in [-0.2, -0.15) is 0 Å². The molecule has 0 saturated heterocycles. The minimum Gasteiger partial charge on any atom is -0.324 e. The minimum absolute atomic E-state index is 0.0951. The molecule has 0 bridgehead atoms. The number of anilines is 1. The molecule has 1 N–H and O–H groups in total. The summed E-state index contributed by atoms with van der Waals surface area (Å²) in [7, 11) is 0. The Bertz CT molecular complexity index is 659. The van der Waals surface area contributed by atoms with Gasteiger partial charge in [0.15, 0.2) is 0 Å². The number of amides is 1. The fourth-order valence-electron chi connectivity index (χ4n) is 1.75. The van der Waals surface area contributed by atoms with E-state index in [-0.39, 0.29) is 5.91 Å². The van der Waals surface area contributed by atoms with Gasteiger partial charge in [-0.05, 0) is 17.7 Å². The number of halogens is 2. The Morgan fingerprint density at radius 3 is 2.64 bits per heavy atom.